The molecule has 1 aromatic carbocycles. The van der Waals surface area contributed by atoms with Gasteiger partial charge in [0.1, 0.15) is 12.2 Å². The minimum Gasteiger partial charge on any atom is -0.326 e. The second-order valence-electron chi connectivity index (χ2n) is 4.64. The van der Waals surface area contributed by atoms with Gasteiger partial charge in [0.25, 0.3) is 0 Å². The summed E-state index contributed by atoms with van der Waals surface area (Å²) in [6.07, 6.45) is 0.595. The van der Waals surface area contributed by atoms with Gasteiger partial charge in [0.2, 0.25) is 11.8 Å². The van der Waals surface area contributed by atoms with Crippen LogP contribution in [-0.4, -0.2) is 33.1 Å². The summed E-state index contributed by atoms with van der Waals surface area (Å²) in [4.78, 5) is 33.5. The largest absolute Gasteiger partial charge is 0.326 e. The molecule has 0 saturated heterocycles. The highest BCUT2D eigenvalue weighted by Crippen LogP contribution is 2.13. The molecule has 0 saturated carbocycles. The molecule has 2 N–H and O–H groups in total. The Morgan fingerprint density at radius 3 is 2.27 bits per heavy atom. The van der Waals surface area contributed by atoms with Gasteiger partial charge >= 0.3 is 0 Å². The highest BCUT2D eigenvalue weighted by molar-refractivity contribution is 5.92. The molecule has 8 heteroatoms. The minimum absolute atomic E-state index is 0.0415. The lowest BCUT2D eigenvalue weighted by Crippen LogP contribution is -2.20. The first-order chi connectivity index (χ1) is 10.5. The van der Waals surface area contributed by atoms with Crippen molar-refractivity contribution < 1.29 is 14.4 Å². The number of hydrogen-bond donors (Lipinski definition) is 2. The van der Waals surface area contributed by atoms with E-state index >= 15 is 0 Å². The number of aromatic nitrogens is 3. The first-order valence-electron chi connectivity index (χ1n) is 6.52. The van der Waals surface area contributed by atoms with Gasteiger partial charge in [-0.25, -0.2) is 4.68 Å². The molecule has 2 amide bonds. The Hall–Kier alpha value is -3.03. The van der Waals surface area contributed by atoms with Gasteiger partial charge in [-0.2, -0.15) is 0 Å². The smallest absolute Gasteiger partial charge is 0.246 e. The molecule has 0 spiro atoms. The number of rotatable bonds is 5. The minimum atomic E-state index is -0.294. The van der Waals surface area contributed by atoms with Crippen LogP contribution in [0.1, 0.15) is 23.1 Å². The second kappa shape index (κ2) is 6.61. The predicted molar refractivity (Wildman–Crippen MR) is 79.5 cm³/mol. The third-order valence-corrected chi connectivity index (χ3v) is 2.91. The quantitative estimate of drug-likeness (QED) is 0.801. The van der Waals surface area contributed by atoms with Crippen molar-refractivity contribution in [2.24, 2.45) is 0 Å². The average molecular weight is 301 g/mol. The number of carbonyl (C=O) groups is 3. The summed E-state index contributed by atoms with van der Waals surface area (Å²) in [5.41, 5.74) is 1.99. The fourth-order valence-electron chi connectivity index (χ4n) is 1.81. The van der Waals surface area contributed by atoms with Crippen LogP contribution in [0.25, 0.3) is 0 Å². The van der Waals surface area contributed by atoms with Gasteiger partial charge in [0.05, 0.1) is 5.69 Å². The van der Waals surface area contributed by atoms with Crippen molar-refractivity contribution in [3.63, 3.8) is 0 Å². The Bertz CT molecular complexity index is 706. The molecule has 1 aromatic heterocycles. The molecule has 2 aromatic rings. The second-order valence-corrected chi connectivity index (χ2v) is 4.64. The van der Waals surface area contributed by atoms with Crippen molar-refractivity contribution in [1.29, 1.82) is 0 Å². The highest BCUT2D eigenvalue weighted by Gasteiger charge is 2.11. The summed E-state index contributed by atoms with van der Waals surface area (Å²) in [5.74, 6) is -0.456. The Morgan fingerprint density at radius 2 is 1.77 bits per heavy atom. The van der Waals surface area contributed by atoms with Crippen molar-refractivity contribution >= 4 is 29.5 Å². The number of aldehydes is 1. The van der Waals surface area contributed by atoms with Gasteiger partial charge in [-0.3, -0.25) is 14.4 Å². The molecule has 0 unspecified atom stereocenters. The average Bonchev–Trinajstić information content (AvgIpc) is 2.81. The van der Waals surface area contributed by atoms with Crippen LogP contribution in [0.3, 0.4) is 0 Å². The van der Waals surface area contributed by atoms with Gasteiger partial charge in [0.15, 0.2) is 6.29 Å². The lowest BCUT2D eigenvalue weighted by Gasteiger charge is -2.07. The Labute approximate surface area is 126 Å². The predicted octanol–water partition coefficient (Wildman–Crippen LogP) is 0.996. The number of nitrogens with zero attached hydrogens (tertiary/aromatic N) is 3. The molecule has 0 radical (unpaired) electrons. The Kier molecular flexibility index (Phi) is 4.62. The fraction of sp³-hybridized carbons (Fsp3) is 0.214. The van der Waals surface area contributed by atoms with Crippen molar-refractivity contribution in [2.75, 3.05) is 10.6 Å². The molecule has 0 atom stereocenters. The molecular weight excluding hydrogens is 286 g/mol. The van der Waals surface area contributed by atoms with Crippen LogP contribution in [0.15, 0.2) is 24.3 Å². The van der Waals surface area contributed by atoms with Crippen molar-refractivity contribution in [3.05, 3.63) is 35.7 Å². The van der Waals surface area contributed by atoms with Crippen LogP contribution in [0.2, 0.25) is 0 Å². The molecule has 22 heavy (non-hydrogen) atoms. The molecule has 0 aliphatic carbocycles. The van der Waals surface area contributed by atoms with E-state index in [0.29, 0.717) is 23.4 Å². The van der Waals surface area contributed by atoms with E-state index in [1.54, 1.807) is 31.2 Å². The van der Waals surface area contributed by atoms with Crippen LogP contribution in [-0.2, 0) is 16.1 Å². The van der Waals surface area contributed by atoms with E-state index in [1.165, 1.54) is 11.6 Å². The molecule has 0 aliphatic rings. The van der Waals surface area contributed by atoms with Gasteiger partial charge in [-0.15, -0.1) is 5.10 Å². The van der Waals surface area contributed by atoms with E-state index < -0.39 is 0 Å². The third-order valence-electron chi connectivity index (χ3n) is 2.91. The topological polar surface area (TPSA) is 106 Å². The molecule has 0 fully saturated rings. The van der Waals surface area contributed by atoms with Gasteiger partial charge < -0.3 is 10.6 Å². The van der Waals surface area contributed by atoms with E-state index in [2.05, 4.69) is 20.9 Å². The van der Waals surface area contributed by atoms with E-state index in [9.17, 15) is 14.4 Å². The molecule has 1 heterocycles. The zero-order valence-corrected chi connectivity index (χ0v) is 12.2. The zero-order valence-electron chi connectivity index (χ0n) is 12.2. The lowest BCUT2D eigenvalue weighted by molar-refractivity contribution is -0.117. The maximum atomic E-state index is 11.9. The van der Waals surface area contributed by atoms with E-state index in [-0.39, 0.29) is 24.1 Å². The van der Waals surface area contributed by atoms with E-state index in [1.807, 2.05) is 0 Å². The normalized spacial score (nSPS) is 10.1. The van der Waals surface area contributed by atoms with Crippen molar-refractivity contribution in [1.82, 2.24) is 15.0 Å². The molecule has 0 aliphatic heterocycles. The summed E-state index contributed by atoms with van der Waals surface area (Å²) >= 11 is 0. The number of anilines is 2. The first kappa shape index (κ1) is 15.4. The summed E-state index contributed by atoms with van der Waals surface area (Å²) in [7, 11) is 0. The lowest BCUT2D eigenvalue weighted by atomic mass is 10.2. The highest BCUT2D eigenvalue weighted by atomic mass is 16.2. The zero-order chi connectivity index (χ0) is 16.1. The monoisotopic (exact) mass is 301 g/mol. The maximum absolute atomic E-state index is 11.9. The number of amides is 2. The van der Waals surface area contributed by atoms with Crippen LogP contribution in [0.5, 0.6) is 0 Å². The molecule has 114 valence electrons. The summed E-state index contributed by atoms with van der Waals surface area (Å²) < 4.78 is 1.35. The summed E-state index contributed by atoms with van der Waals surface area (Å²) in [6, 6.07) is 6.72. The molecule has 0 bridgehead atoms. The SMILES string of the molecule is CC(=O)Nc1ccc(NC(=O)Cn2nnc(C=O)c2C)cc1. The molecule has 2 rings (SSSR count). The van der Waals surface area contributed by atoms with Crippen LogP contribution >= 0.6 is 0 Å². The molecular formula is C14H15N5O3. The standard InChI is InChI=1S/C14H15N5O3/c1-9-13(8-20)17-18-19(9)7-14(22)16-12-5-3-11(4-6-12)15-10(2)21/h3-6,8H,7H2,1-2H3,(H,15,21)(H,16,22). The summed E-state index contributed by atoms with van der Waals surface area (Å²) in [5, 5.41) is 12.7. The van der Waals surface area contributed by atoms with Crippen LogP contribution < -0.4 is 10.6 Å². The maximum Gasteiger partial charge on any atom is 0.246 e. The molecule has 8 nitrogen and oxygen atoms in total. The Morgan fingerprint density at radius 1 is 1.18 bits per heavy atom. The van der Waals surface area contributed by atoms with Gasteiger partial charge in [-0.1, -0.05) is 5.21 Å². The number of carbonyl (C=O) groups excluding carboxylic acids is 3. The number of nitrogens with one attached hydrogen (secondary N) is 2. The van der Waals surface area contributed by atoms with Crippen LogP contribution in [0, 0.1) is 6.92 Å². The van der Waals surface area contributed by atoms with Gasteiger partial charge in [-0.05, 0) is 31.2 Å². The van der Waals surface area contributed by atoms with Crippen LogP contribution in [0.4, 0.5) is 11.4 Å². The number of hydrogen-bond acceptors (Lipinski definition) is 5. The Balaban J connectivity index is 1.98. The first-order valence-corrected chi connectivity index (χ1v) is 6.52. The van der Waals surface area contributed by atoms with Crippen molar-refractivity contribution in [3.8, 4) is 0 Å². The van der Waals surface area contributed by atoms with E-state index in [4.69, 9.17) is 0 Å². The van der Waals surface area contributed by atoms with Gasteiger partial charge in [0, 0.05) is 18.3 Å². The number of benzene rings is 1. The van der Waals surface area contributed by atoms with E-state index in [0.717, 1.165) is 0 Å². The van der Waals surface area contributed by atoms with Crippen molar-refractivity contribution in [2.45, 2.75) is 20.4 Å². The fourth-order valence-corrected chi connectivity index (χ4v) is 1.81. The third kappa shape index (κ3) is 3.75. The summed E-state index contributed by atoms with van der Waals surface area (Å²) in [6.45, 7) is 3.04.